The molecular weight excluding hydrogens is 472 g/mol. The molecule has 1 atom stereocenters. The Bertz CT molecular complexity index is 1290. The standard InChI is InChI=1S/C21H21ClN4O4S2/c1-12-8-9-17-14(10-12)16(11-21(2,3)30-17)26-32(28,29)20-25-24-19(31-20)23-18(27)13-6-4-5-7-15(13)22/h4-10,16,26H,11H2,1-3H3,(H,23,24,27)/t16-/m1/s1. The highest BCUT2D eigenvalue weighted by atomic mass is 35.5. The number of halogens is 1. The van der Waals surface area contributed by atoms with E-state index in [9.17, 15) is 13.2 Å². The third-order valence-corrected chi connectivity index (χ3v) is 7.90. The zero-order valence-corrected chi connectivity index (χ0v) is 19.9. The highest BCUT2D eigenvalue weighted by Crippen LogP contribution is 2.40. The summed E-state index contributed by atoms with van der Waals surface area (Å²) >= 11 is 6.80. The van der Waals surface area contributed by atoms with Crippen molar-refractivity contribution in [3.8, 4) is 5.75 Å². The van der Waals surface area contributed by atoms with Crippen LogP contribution in [0.3, 0.4) is 0 Å². The number of nitrogens with one attached hydrogen (secondary N) is 2. The number of benzene rings is 2. The van der Waals surface area contributed by atoms with Crippen LogP contribution in [-0.2, 0) is 10.0 Å². The van der Waals surface area contributed by atoms with Crippen LogP contribution in [0.5, 0.6) is 5.75 Å². The monoisotopic (exact) mass is 492 g/mol. The van der Waals surface area contributed by atoms with Crippen molar-refractivity contribution in [2.75, 3.05) is 5.32 Å². The van der Waals surface area contributed by atoms with Gasteiger partial charge in [-0.25, -0.2) is 13.1 Å². The molecule has 0 fully saturated rings. The van der Waals surface area contributed by atoms with E-state index in [1.165, 1.54) is 0 Å². The number of rotatable bonds is 5. The first-order chi connectivity index (χ1) is 15.0. The lowest BCUT2D eigenvalue weighted by molar-refractivity contribution is 0.0701. The van der Waals surface area contributed by atoms with Gasteiger partial charge in [-0.2, -0.15) is 0 Å². The highest BCUT2D eigenvalue weighted by Gasteiger charge is 2.37. The number of hydrogen-bond acceptors (Lipinski definition) is 7. The van der Waals surface area contributed by atoms with Gasteiger partial charge >= 0.3 is 0 Å². The molecule has 1 amide bonds. The van der Waals surface area contributed by atoms with Gasteiger partial charge < -0.3 is 4.74 Å². The lowest BCUT2D eigenvalue weighted by Gasteiger charge is -2.37. The van der Waals surface area contributed by atoms with E-state index in [1.807, 2.05) is 39.0 Å². The van der Waals surface area contributed by atoms with Crippen molar-refractivity contribution < 1.29 is 17.9 Å². The molecule has 2 aromatic carbocycles. The van der Waals surface area contributed by atoms with Gasteiger partial charge in [-0.1, -0.05) is 52.8 Å². The van der Waals surface area contributed by atoms with Crippen LogP contribution in [0.15, 0.2) is 46.8 Å². The Hall–Kier alpha value is -2.53. The molecule has 0 aliphatic carbocycles. The molecule has 2 N–H and O–H groups in total. The Balaban J connectivity index is 1.55. The Kier molecular flexibility index (Phi) is 5.97. The molecular formula is C21H21ClN4O4S2. The van der Waals surface area contributed by atoms with Gasteiger partial charge in [-0.15, -0.1) is 10.2 Å². The number of aromatic nitrogens is 2. The van der Waals surface area contributed by atoms with Crippen LogP contribution in [0, 0.1) is 6.92 Å². The van der Waals surface area contributed by atoms with E-state index in [0.29, 0.717) is 12.2 Å². The second-order valence-electron chi connectivity index (χ2n) is 8.09. The van der Waals surface area contributed by atoms with E-state index in [0.717, 1.165) is 22.5 Å². The molecule has 0 spiro atoms. The van der Waals surface area contributed by atoms with Crippen molar-refractivity contribution in [2.45, 2.75) is 43.2 Å². The smallest absolute Gasteiger partial charge is 0.270 e. The van der Waals surface area contributed by atoms with E-state index >= 15 is 0 Å². The van der Waals surface area contributed by atoms with E-state index in [-0.39, 0.29) is 20.1 Å². The van der Waals surface area contributed by atoms with Crippen LogP contribution in [0.1, 0.15) is 47.8 Å². The molecule has 1 aliphatic heterocycles. The maximum atomic E-state index is 13.1. The van der Waals surface area contributed by atoms with Crippen molar-refractivity contribution in [1.82, 2.24) is 14.9 Å². The van der Waals surface area contributed by atoms with E-state index in [2.05, 4.69) is 20.2 Å². The molecule has 32 heavy (non-hydrogen) atoms. The minimum Gasteiger partial charge on any atom is -0.487 e. The van der Waals surface area contributed by atoms with Crippen LogP contribution in [0.2, 0.25) is 5.02 Å². The average Bonchev–Trinajstić information content (AvgIpc) is 3.17. The quantitative estimate of drug-likeness (QED) is 0.513. The highest BCUT2D eigenvalue weighted by molar-refractivity contribution is 7.91. The second kappa shape index (κ2) is 8.43. The molecule has 1 aromatic heterocycles. The molecule has 8 nitrogen and oxygen atoms in total. The predicted molar refractivity (Wildman–Crippen MR) is 123 cm³/mol. The number of ether oxygens (including phenoxy) is 1. The summed E-state index contributed by atoms with van der Waals surface area (Å²) in [4.78, 5) is 12.4. The molecule has 1 aliphatic rings. The molecule has 2 heterocycles. The number of sulfonamides is 1. The predicted octanol–water partition coefficient (Wildman–Crippen LogP) is 4.33. The molecule has 0 unspecified atom stereocenters. The van der Waals surface area contributed by atoms with E-state index in [4.69, 9.17) is 16.3 Å². The average molecular weight is 493 g/mol. The maximum absolute atomic E-state index is 13.1. The molecule has 0 radical (unpaired) electrons. The molecule has 11 heteroatoms. The number of nitrogens with zero attached hydrogens (tertiary/aromatic N) is 2. The fourth-order valence-corrected chi connectivity index (χ4v) is 5.84. The molecule has 3 aromatic rings. The van der Waals surface area contributed by atoms with E-state index < -0.39 is 27.6 Å². The minimum atomic E-state index is -3.99. The topological polar surface area (TPSA) is 110 Å². The van der Waals surface area contributed by atoms with Gasteiger partial charge in [0.2, 0.25) is 9.47 Å². The van der Waals surface area contributed by atoms with Gasteiger partial charge in [0.15, 0.2) is 0 Å². The number of amides is 1. The summed E-state index contributed by atoms with van der Waals surface area (Å²) in [5, 5.41) is 10.5. The molecule has 0 saturated heterocycles. The Morgan fingerprint density at radius 2 is 1.97 bits per heavy atom. The first-order valence-electron chi connectivity index (χ1n) is 9.75. The first-order valence-corrected chi connectivity index (χ1v) is 12.4. The van der Waals surface area contributed by atoms with Gasteiger partial charge in [0.25, 0.3) is 15.9 Å². The summed E-state index contributed by atoms with van der Waals surface area (Å²) in [6.07, 6.45) is 0.442. The van der Waals surface area contributed by atoms with Crippen molar-refractivity contribution in [3.05, 3.63) is 64.2 Å². The molecule has 0 saturated carbocycles. The van der Waals surface area contributed by atoms with Crippen LogP contribution < -0.4 is 14.8 Å². The second-order valence-corrected chi connectivity index (χ2v) is 11.4. The van der Waals surface area contributed by atoms with Gasteiger partial charge in [0.05, 0.1) is 16.6 Å². The van der Waals surface area contributed by atoms with Gasteiger partial charge in [0.1, 0.15) is 11.4 Å². The number of anilines is 1. The Labute approximate surface area is 195 Å². The molecule has 168 valence electrons. The minimum absolute atomic E-state index is 0.0545. The number of carbonyl (C=O) groups is 1. The summed E-state index contributed by atoms with van der Waals surface area (Å²) in [5.41, 5.74) is 1.47. The van der Waals surface area contributed by atoms with Crippen molar-refractivity contribution >= 4 is 44.0 Å². The van der Waals surface area contributed by atoms with Gasteiger partial charge in [-0.3, -0.25) is 10.1 Å². The van der Waals surface area contributed by atoms with E-state index in [1.54, 1.807) is 24.3 Å². The third kappa shape index (κ3) is 4.78. The Morgan fingerprint density at radius 3 is 2.72 bits per heavy atom. The Morgan fingerprint density at radius 1 is 1.22 bits per heavy atom. The third-order valence-electron chi connectivity index (χ3n) is 4.90. The number of hydrogen-bond donors (Lipinski definition) is 2. The van der Waals surface area contributed by atoms with Crippen LogP contribution in [0.4, 0.5) is 5.13 Å². The fraction of sp³-hybridized carbons (Fsp3) is 0.286. The van der Waals surface area contributed by atoms with Gasteiger partial charge in [0, 0.05) is 12.0 Å². The van der Waals surface area contributed by atoms with Gasteiger partial charge in [-0.05, 0) is 39.0 Å². The summed E-state index contributed by atoms with van der Waals surface area (Å²) < 4.78 is 34.6. The summed E-state index contributed by atoms with van der Waals surface area (Å²) in [7, 11) is -3.99. The summed E-state index contributed by atoms with van der Waals surface area (Å²) in [6, 6.07) is 11.7. The lowest BCUT2D eigenvalue weighted by Crippen LogP contribution is -2.41. The number of aryl methyl sites for hydroxylation is 1. The van der Waals surface area contributed by atoms with Crippen molar-refractivity contribution in [2.24, 2.45) is 0 Å². The van der Waals surface area contributed by atoms with Crippen LogP contribution in [0.25, 0.3) is 0 Å². The van der Waals surface area contributed by atoms with Crippen molar-refractivity contribution in [3.63, 3.8) is 0 Å². The summed E-state index contributed by atoms with van der Waals surface area (Å²) in [5.74, 6) is 0.142. The summed E-state index contributed by atoms with van der Waals surface area (Å²) in [6.45, 7) is 5.75. The van der Waals surface area contributed by atoms with Crippen molar-refractivity contribution in [1.29, 1.82) is 0 Å². The zero-order chi connectivity index (χ0) is 23.1. The van der Waals surface area contributed by atoms with Crippen LogP contribution >= 0.6 is 22.9 Å². The zero-order valence-electron chi connectivity index (χ0n) is 17.5. The number of fused-ring (bicyclic) bond motifs is 1. The fourth-order valence-electron chi connectivity index (χ4n) is 3.50. The van der Waals surface area contributed by atoms with Crippen LogP contribution in [-0.4, -0.2) is 30.1 Å². The lowest BCUT2D eigenvalue weighted by atomic mass is 9.89. The number of carbonyl (C=O) groups excluding carboxylic acids is 1. The molecule has 4 rings (SSSR count). The largest absolute Gasteiger partial charge is 0.487 e. The normalized spacial score (nSPS) is 17.3. The SMILES string of the molecule is Cc1ccc2c(c1)[C@H](NS(=O)(=O)c1nnc(NC(=O)c3ccccc3Cl)s1)CC(C)(C)O2. The first kappa shape index (κ1) is 22.7. The maximum Gasteiger partial charge on any atom is 0.270 e. The molecule has 0 bridgehead atoms.